The summed E-state index contributed by atoms with van der Waals surface area (Å²) in [7, 11) is 4.35. The topological polar surface area (TPSA) is 26.7 Å². The van der Waals surface area contributed by atoms with Gasteiger partial charge in [0.15, 0.2) is 0 Å². The van der Waals surface area contributed by atoms with Crippen LogP contribution in [0.5, 0.6) is 0 Å². The first-order valence-corrected chi connectivity index (χ1v) is 7.67. The fourth-order valence-electron chi connectivity index (χ4n) is 3.64. The molecule has 1 aliphatic heterocycles. The van der Waals surface area contributed by atoms with Crippen LogP contribution in [0.15, 0.2) is 0 Å². The van der Waals surface area contributed by atoms with Gasteiger partial charge in [-0.05, 0) is 58.2 Å². The molecule has 2 fully saturated rings. The first kappa shape index (κ1) is 14.3. The number of nitrogens with zero attached hydrogens (tertiary/aromatic N) is 2. The average molecular weight is 254 g/mol. The van der Waals surface area contributed by atoms with Gasteiger partial charge in [0.25, 0.3) is 0 Å². The molecule has 0 aromatic carbocycles. The van der Waals surface area contributed by atoms with E-state index < -0.39 is 0 Å². The van der Waals surface area contributed by atoms with Crippen LogP contribution in [-0.4, -0.2) is 60.8 Å². The Hall–Kier alpha value is -0.120. The minimum absolute atomic E-state index is 0.0498. The number of hydrogen-bond acceptors (Lipinski definition) is 3. The Morgan fingerprint density at radius 3 is 2.61 bits per heavy atom. The number of aliphatic hydroxyl groups excluding tert-OH is 1. The molecule has 18 heavy (non-hydrogen) atoms. The highest BCUT2D eigenvalue weighted by Crippen LogP contribution is 2.32. The third kappa shape index (κ3) is 3.46. The normalized spacial score (nSPS) is 38.5. The van der Waals surface area contributed by atoms with E-state index in [1.165, 1.54) is 38.8 Å². The molecule has 0 bridgehead atoms. The second-order valence-electron chi connectivity index (χ2n) is 6.58. The highest BCUT2D eigenvalue weighted by atomic mass is 16.3. The van der Waals surface area contributed by atoms with Crippen molar-refractivity contribution in [3.8, 4) is 0 Å². The van der Waals surface area contributed by atoms with Crippen LogP contribution in [0.1, 0.15) is 39.0 Å². The van der Waals surface area contributed by atoms with Crippen LogP contribution in [0.25, 0.3) is 0 Å². The number of likely N-dealkylation sites (tertiary alicyclic amines) is 1. The van der Waals surface area contributed by atoms with Crippen molar-refractivity contribution in [3.63, 3.8) is 0 Å². The molecule has 2 aliphatic rings. The van der Waals surface area contributed by atoms with E-state index in [0.717, 1.165) is 18.9 Å². The summed E-state index contributed by atoms with van der Waals surface area (Å²) in [5, 5.41) is 10.2. The summed E-state index contributed by atoms with van der Waals surface area (Å²) in [6.07, 6.45) is 6.01. The molecule has 0 aromatic rings. The molecule has 0 aromatic heterocycles. The Bertz CT molecular complexity index is 257. The summed E-state index contributed by atoms with van der Waals surface area (Å²) < 4.78 is 0. The fourth-order valence-corrected chi connectivity index (χ4v) is 3.64. The molecular formula is C15H30N2O. The van der Waals surface area contributed by atoms with E-state index in [2.05, 4.69) is 30.8 Å². The van der Waals surface area contributed by atoms with Gasteiger partial charge < -0.3 is 14.9 Å². The van der Waals surface area contributed by atoms with Crippen LogP contribution in [0.3, 0.4) is 0 Å². The van der Waals surface area contributed by atoms with Gasteiger partial charge in [0.2, 0.25) is 0 Å². The molecule has 1 saturated heterocycles. The lowest BCUT2D eigenvalue weighted by Crippen LogP contribution is -2.39. The fraction of sp³-hybridized carbons (Fsp3) is 1.00. The maximum absolute atomic E-state index is 10.2. The summed E-state index contributed by atoms with van der Waals surface area (Å²) in [5.41, 5.74) is 0. The largest absolute Gasteiger partial charge is 0.393 e. The van der Waals surface area contributed by atoms with Gasteiger partial charge in [0, 0.05) is 19.1 Å². The Kier molecular flexibility index (Phi) is 5.05. The molecule has 1 aliphatic carbocycles. The third-order valence-electron chi connectivity index (χ3n) is 5.10. The number of likely N-dealkylation sites (N-methyl/N-ethyl adjacent to an activating group) is 1. The van der Waals surface area contributed by atoms with Gasteiger partial charge in [0.1, 0.15) is 0 Å². The molecule has 4 atom stereocenters. The molecule has 0 radical (unpaired) electrons. The summed E-state index contributed by atoms with van der Waals surface area (Å²) in [4.78, 5) is 4.91. The van der Waals surface area contributed by atoms with Crippen molar-refractivity contribution in [2.75, 3.05) is 33.7 Å². The lowest BCUT2D eigenvalue weighted by molar-refractivity contribution is 0.0297. The lowest BCUT2D eigenvalue weighted by atomic mass is 9.78. The van der Waals surface area contributed by atoms with Crippen LogP contribution in [0, 0.1) is 11.8 Å². The van der Waals surface area contributed by atoms with Gasteiger partial charge in [-0.2, -0.15) is 0 Å². The van der Waals surface area contributed by atoms with E-state index in [9.17, 15) is 5.11 Å². The molecule has 2 rings (SSSR count). The van der Waals surface area contributed by atoms with E-state index in [0.29, 0.717) is 12.0 Å². The molecule has 1 saturated carbocycles. The molecule has 1 N–H and O–H groups in total. The SMILES string of the molecule is CCC1CCC(O)C(CN2CCC(N(C)C)C2)C1. The average Bonchev–Trinajstić information content (AvgIpc) is 2.81. The van der Waals surface area contributed by atoms with Crippen molar-refractivity contribution in [2.45, 2.75) is 51.2 Å². The van der Waals surface area contributed by atoms with Gasteiger partial charge in [-0.3, -0.25) is 0 Å². The van der Waals surface area contributed by atoms with Gasteiger partial charge in [-0.15, -0.1) is 0 Å². The highest BCUT2D eigenvalue weighted by Gasteiger charge is 2.32. The van der Waals surface area contributed by atoms with Crippen molar-refractivity contribution in [1.82, 2.24) is 9.80 Å². The van der Waals surface area contributed by atoms with Crippen LogP contribution < -0.4 is 0 Å². The number of rotatable bonds is 4. The molecule has 1 heterocycles. The zero-order chi connectivity index (χ0) is 13.1. The summed E-state index contributed by atoms with van der Waals surface area (Å²) in [5.74, 6) is 1.37. The van der Waals surface area contributed by atoms with Gasteiger partial charge >= 0.3 is 0 Å². The van der Waals surface area contributed by atoms with Gasteiger partial charge in [-0.1, -0.05) is 13.3 Å². The lowest BCUT2D eigenvalue weighted by Gasteiger charge is -2.35. The molecule has 0 amide bonds. The minimum Gasteiger partial charge on any atom is -0.393 e. The smallest absolute Gasteiger partial charge is 0.0580 e. The monoisotopic (exact) mass is 254 g/mol. The molecule has 3 nitrogen and oxygen atoms in total. The van der Waals surface area contributed by atoms with Crippen molar-refractivity contribution in [2.24, 2.45) is 11.8 Å². The quantitative estimate of drug-likeness (QED) is 0.829. The molecule has 106 valence electrons. The molecule has 4 unspecified atom stereocenters. The van der Waals surface area contributed by atoms with E-state index >= 15 is 0 Å². The van der Waals surface area contributed by atoms with E-state index in [1.54, 1.807) is 0 Å². The molecule has 3 heteroatoms. The first-order valence-electron chi connectivity index (χ1n) is 7.67. The third-order valence-corrected chi connectivity index (χ3v) is 5.10. The van der Waals surface area contributed by atoms with Crippen molar-refractivity contribution < 1.29 is 5.11 Å². The maximum Gasteiger partial charge on any atom is 0.0580 e. The maximum atomic E-state index is 10.2. The highest BCUT2D eigenvalue weighted by molar-refractivity contribution is 4.86. The summed E-state index contributed by atoms with van der Waals surface area (Å²) in [6.45, 7) is 5.80. The summed E-state index contributed by atoms with van der Waals surface area (Å²) in [6, 6.07) is 0.715. The van der Waals surface area contributed by atoms with E-state index in [1.807, 2.05) is 0 Å². The predicted molar refractivity (Wildman–Crippen MR) is 75.7 cm³/mol. The van der Waals surface area contributed by atoms with Crippen molar-refractivity contribution in [1.29, 1.82) is 0 Å². The van der Waals surface area contributed by atoms with Gasteiger partial charge in [0.05, 0.1) is 6.10 Å². The van der Waals surface area contributed by atoms with E-state index in [4.69, 9.17) is 0 Å². The van der Waals surface area contributed by atoms with Crippen LogP contribution in [0.4, 0.5) is 0 Å². The summed E-state index contributed by atoms with van der Waals surface area (Å²) >= 11 is 0. The first-order chi connectivity index (χ1) is 8.60. The van der Waals surface area contributed by atoms with Gasteiger partial charge in [-0.25, -0.2) is 0 Å². The zero-order valence-electron chi connectivity index (χ0n) is 12.3. The Labute approximate surface area is 112 Å². The Morgan fingerprint density at radius 1 is 1.22 bits per heavy atom. The number of hydrogen-bond donors (Lipinski definition) is 1. The second-order valence-corrected chi connectivity index (χ2v) is 6.58. The minimum atomic E-state index is -0.0498. The molecule has 0 spiro atoms. The Balaban J connectivity index is 1.81. The Morgan fingerprint density at radius 2 is 2.00 bits per heavy atom. The van der Waals surface area contributed by atoms with Crippen LogP contribution in [-0.2, 0) is 0 Å². The standard InChI is InChI=1S/C15H30N2O/c1-4-12-5-6-15(18)13(9-12)10-17-8-7-14(11-17)16(2)3/h12-15,18H,4-11H2,1-3H3. The van der Waals surface area contributed by atoms with E-state index in [-0.39, 0.29) is 6.10 Å². The van der Waals surface area contributed by atoms with Crippen molar-refractivity contribution in [3.05, 3.63) is 0 Å². The van der Waals surface area contributed by atoms with Crippen molar-refractivity contribution >= 4 is 0 Å². The predicted octanol–water partition coefficient (Wildman–Crippen LogP) is 1.81. The molecular weight excluding hydrogens is 224 g/mol. The van der Waals surface area contributed by atoms with Crippen LogP contribution in [0.2, 0.25) is 0 Å². The van der Waals surface area contributed by atoms with Crippen LogP contribution >= 0.6 is 0 Å². The number of aliphatic hydroxyl groups is 1. The second kappa shape index (κ2) is 6.36. The zero-order valence-corrected chi connectivity index (χ0v) is 12.3.